The Morgan fingerprint density at radius 1 is 0.296 bits per heavy atom. The van der Waals surface area contributed by atoms with Crippen LogP contribution in [0.1, 0.15) is 72.3 Å². The van der Waals surface area contributed by atoms with Crippen LogP contribution in [0.2, 0.25) is 0 Å². The van der Waals surface area contributed by atoms with E-state index in [0.29, 0.717) is 5.56 Å². The molecule has 25 rings (SSSR count). The number of hydrogen-bond acceptors (Lipinski definition) is 7. The number of nitrogens with zero attached hydrogens (tertiary/aromatic N) is 5. The predicted octanol–water partition coefficient (Wildman–Crippen LogP) is 25.7. The van der Waals surface area contributed by atoms with E-state index in [4.69, 9.17) is 29.2 Å². The number of benzene rings is 16. The summed E-state index contributed by atoms with van der Waals surface area (Å²) in [5, 5.41) is 11.7. The number of fused-ring (bicyclic) bond motifs is 31. The van der Waals surface area contributed by atoms with Crippen molar-refractivity contribution in [2.24, 2.45) is 0 Å². The maximum atomic E-state index is 9.76. The lowest BCUT2D eigenvalue weighted by atomic mass is 9.65. The maximum Gasteiger partial charge on any atom is 0.149 e. The van der Waals surface area contributed by atoms with E-state index in [9.17, 15) is 5.26 Å². The summed E-state index contributed by atoms with van der Waals surface area (Å²) in [6.45, 7) is 0. The Labute approximate surface area is 662 Å². The first-order valence-electron chi connectivity index (χ1n) is 39.2. The fourth-order valence-electron chi connectivity index (χ4n) is 21.0. The summed E-state index contributed by atoms with van der Waals surface area (Å²) in [6.07, 6.45) is 1.89. The first-order chi connectivity index (χ1) is 57.0. The van der Waals surface area contributed by atoms with E-state index in [0.717, 1.165) is 185 Å². The van der Waals surface area contributed by atoms with Crippen molar-refractivity contribution in [3.8, 4) is 136 Å². The molecule has 0 N–H and O–H groups in total. The van der Waals surface area contributed by atoms with Crippen LogP contribution in [0, 0.1) is 11.3 Å². The maximum absolute atomic E-state index is 9.76. The standard InChI is InChI=1S/C107H61N5O3/c108-62-63-48-50-64(51-49-63)69-29-18-42-89-101(69)113-95-45-15-13-39-86(95)106(89)82-36-10-6-27-72(82)79-59-65(52-55-84(79)106)66-54-57-94-93(61-66)111-104(112(94)68-23-2-1-3-24-68)77-32-21-44-91-103(77)115-97-47-17-14-40-87(97)107(91)83-37-11-7-28-75(83)98-73(30-19-41-88(98)107)78-60-67-53-56-92(110-99(67)100-74(78)33-22-58-109-100)76-31-20-43-90-102(76)114-96-46-16-12-38-85(96)105(90)80-34-8-4-25-70(80)71-26-5-9-35-81(71)105/h1-61H. The van der Waals surface area contributed by atoms with E-state index < -0.39 is 16.2 Å². The van der Waals surface area contributed by atoms with Crippen LogP contribution >= 0.6 is 0 Å². The first-order valence-corrected chi connectivity index (χ1v) is 39.2. The Bertz CT molecular complexity index is 7510. The SMILES string of the molecule is N#Cc1ccc(-c2cccc3c2Oc2ccccc2C32c3ccccc3-c3cc(-c4ccc5c(c4)nc(-c4cccc6c4Oc4ccccc4C64c6ccccc6-c6c(-c7cc8ccc(-c9cccc%10c9Oc9ccccc9C%109c%10ccccc%10-c%10ccccc%109)nc8c8ncccc78)cccc64)n5-c4ccccc4)ccc32)cc1. The Hall–Kier alpha value is -15.3. The summed E-state index contributed by atoms with van der Waals surface area (Å²) >= 11 is 0. The third-order valence-electron chi connectivity index (χ3n) is 25.5. The molecule has 532 valence electrons. The molecule has 115 heavy (non-hydrogen) atoms. The summed E-state index contributed by atoms with van der Waals surface area (Å²) in [5.74, 6) is 5.55. The van der Waals surface area contributed by atoms with E-state index in [1.165, 1.54) is 44.5 Å². The smallest absolute Gasteiger partial charge is 0.149 e. The lowest BCUT2D eigenvalue weighted by Crippen LogP contribution is -2.32. The zero-order valence-corrected chi connectivity index (χ0v) is 61.7. The van der Waals surface area contributed by atoms with Gasteiger partial charge in [-0.05, 0) is 186 Å². The molecule has 8 heteroatoms. The van der Waals surface area contributed by atoms with Gasteiger partial charge in [0.2, 0.25) is 0 Å². The van der Waals surface area contributed by atoms with Gasteiger partial charge in [0.25, 0.3) is 0 Å². The molecule has 0 amide bonds. The highest BCUT2D eigenvalue weighted by atomic mass is 16.5. The molecule has 6 heterocycles. The number of hydrogen-bond donors (Lipinski definition) is 0. The molecule has 3 spiro atoms. The second kappa shape index (κ2) is 23.6. The Kier molecular flexibility index (Phi) is 13.0. The number of aromatic nitrogens is 4. The topological polar surface area (TPSA) is 95.1 Å². The van der Waals surface area contributed by atoms with Crippen molar-refractivity contribution < 1.29 is 14.2 Å². The van der Waals surface area contributed by atoms with E-state index in [1.807, 2.05) is 30.5 Å². The Balaban J connectivity index is 0.632. The predicted molar refractivity (Wildman–Crippen MR) is 456 cm³/mol. The fourth-order valence-corrected chi connectivity index (χ4v) is 21.0. The quantitative estimate of drug-likeness (QED) is 0.153. The third kappa shape index (κ3) is 8.39. The van der Waals surface area contributed by atoms with Crippen molar-refractivity contribution >= 4 is 32.8 Å². The highest BCUT2D eigenvalue weighted by Gasteiger charge is 2.55. The van der Waals surface area contributed by atoms with Crippen molar-refractivity contribution in [2.75, 3.05) is 0 Å². The van der Waals surface area contributed by atoms with Crippen LogP contribution in [0.4, 0.5) is 0 Å². The summed E-state index contributed by atoms with van der Waals surface area (Å²) in [4.78, 5) is 16.8. The number of para-hydroxylation sites is 7. The van der Waals surface area contributed by atoms with Crippen molar-refractivity contribution in [1.29, 1.82) is 5.26 Å². The molecule has 16 aromatic carbocycles. The van der Waals surface area contributed by atoms with Gasteiger partial charge >= 0.3 is 0 Å². The first kappa shape index (κ1) is 63.5. The molecule has 3 aromatic heterocycles. The molecule has 6 aliphatic rings. The number of imidazole rings is 1. The average Bonchev–Trinajstić information content (AvgIpc) is 1.55. The van der Waals surface area contributed by atoms with Gasteiger partial charge in [-0.2, -0.15) is 5.26 Å². The Morgan fingerprint density at radius 2 is 0.757 bits per heavy atom. The largest absolute Gasteiger partial charge is 0.456 e. The average molecular weight is 1460 g/mol. The van der Waals surface area contributed by atoms with Crippen LogP contribution in [-0.4, -0.2) is 19.5 Å². The summed E-state index contributed by atoms with van der Waals surface area (Å²) in [5.41, 5.74) is 32.5. The van der Waals surface area contributed by atoms with Gasteiger partial charge in [-0.25, -0.2) is 9.97 Å². The van der Waals surface area contributed by atoms with Gasteiger partial charge in [0.15, 0.2) is 0 Å². The van der Waals surface area contributed by atoms with Gasteiger partial charge in [0.1, 0.15) is 40.3 Å². The lowest BCUT2D eigenvalue weighted by Gasteiger charge is -2.40. The van der Waals surface area contributed by atoms with Crippen LogP contribution in [0.25, 0.3) is 128 Å². The number of pyridine rings is 2. The molecule has 0 saturated heterocycles. The molecular formula is C107H61N5O3. The molecule has 3 aliphatic heterocycles. The molecule has 2 unspecified atom stereocenters. The molecule has 8 nitrogen and oxygen atoms in total. The zero-order chi connectivity index (χ0) is 75.4. The second-order valence-corrected chi connectivity index (χ2v) is 30.9. The van der Waals surface area contributed by atoms with Crippen LogP contribution in [0.5, 0.6) is 34.5 Å². The lowest BCUT2D eigenvalue weighted by molar-refractivity contribution is 0.437. The summed E-state index contributed by atoms with van der Waals surface area (Å²) < 4.78 is 24.1. The molecule has 19 aromatic rings. The van der Waals surface area contributed by atoms with E-state index in [2.05, 4.69) is 350 Å². The molecular weight excluding hydrogens is 1400 g/mol. The van der Waals surface area contributed by atoms with Crippen molar-refractivity contribution in [3.63, 3.8) is 0 Å². The van der Waals surface area contributed by atoms with Crippen molar-refractivity contribution in [3.05, 3.63) is 443 Å². The van der Waals surface area contributed by atoms with Gasteiger partial charge in [-0.15, -0.1) is 0 Å². The van der Waals surface area contributed by atoms with Crippen LogP contribution in [0.15, 0.2) is 370 Å². The Morgan fingerprint density at radius 3 is 1.38 bits per heavy atom. The van der Waals surface area contributed by atoms with Gasteiger partial charge in [-0.1, -0.05) is 273 Å². The molecule has 0 fully saturated rings. The van der Waals surface area contributed by atoms with Crippen molar-refractivity contribution in [2.45, 2.75) is 16.2 Å². The highest BCUT2D eigenvalue weighted by Crippen LogP contribution is 2.68. The summed E-state index contributed by atoms with van der Waals surface area (Å²) in [7, 11) is 0. The van der Waals surface area contributed by atoms with E-state index in [-0.39, 0.29) is 0 Å². The van der Waals surface area contributed by atoms with E-state index in [1.54, 1.807) is 0 Å². The molecule has 0 radical (unpaired) electrons. The third-order valence-corrected chi connectivity index (χ3v) is 25.5. The minimum Gasteiger partial charge on any atom is -0.456 e. The van der Waals surface area contributed by atoms with Crippen LogP contribution in [-0.2, 0) is 16.2 Å². The molecule has 2 atom stereocenters. The van der Waals surface area contributed by atoms with Gasteiger partial charge in [0, 0.05) is 67.2 Å². The number of ether oxygens (including phenoxy) is 3. The van der Waals surface area contributed by atoms with Gasteiger partial charge in [0.05, 0.1) is 61.2 Å². The second-order valence-electron chi connectivity index (χ2n) is 30.9. The van der Waals surface area contributed by atoms with Crippen molar-refractivity contribution in [1.82, 2.24) is 19.5 Å². The molecule has 0 saturated carbocycles. The van der Waals surface area contributed by atoms with E-state index >= 15 is 0 Å². The van der Waals surface area contributed by atoms with Crippen LogP contribution < -0.4 is 14.2 Å². The number of rotatable bonds is 6. The van der Waals surface area contributed by atoms with Crippen LogP contribution in [0.3, 0.4) is 0 Å². The zero-order valence-electron chi connectivity index (χ0n) is 61.7. The normalized spacial score (nSPS) is 15.8. The monoisotopic (exact) mass is 1460 g/mol. The minimum atomic E-state index is -0.842. The highest BCUT2D eigenvalue weighted by molar-refractivity contribution is 6.13. The summed E-state index contributed by atoms with van der Waals surface area (Å²) in [6, 6.07) is 133. The number of nitriles is 1. The minimum absolute atomic E-state index is 0.611. The fraction of sp³-hybridized carbons (Fsp3) is 0.0280. The molecule has 0 bridgehead atoms. The van der Waals surface area contributed by atoms with Gasteiger partial charge in [-0.3, -0.25) is 9.55 Å². The van der Waals surface area contributed by atoms with Gasteiger partial charge < -0.3 is 14.2 Å². The molecule has 3 aliphatic carbocycles.